The molecule has 1 N–H and O–H groups in total. The molecule has 0 heterocycles. The Morgan fingerprint density at radius 1 is 1.40 bits per heavy atom. The molecule has 1 unspecified atom stereocenters. The minimum Gasteiger partial charge on any atom is -0.310 e. The summed E-state index contributed by atoms with van der Waals surface area (Å²) in [6, 6.07) is 12.4. The Morgan fingerprint density at radius 3 is 2.50 bits per heavy atom. The van der Waals surface area contributed by atoms with E-state index in [-0.39, 0.29) is 17.8 Å². The van der Waals surface area contributed by atoms with Crippen molar-refractivity contribution in [2.24, 2.45) is 0 Å². The second-order valence-electron chi connectivity index (χ2n) is 5.83. The first-order valence-corrected chi connectivity index (χ1v) is 8.81. The van der Waals surface area contributed by atoms with Crippen LogP contribution in [0.1, 0.15) is 25.3 Å². The second kappa shape index (κ2) is 5.55. The minimum atomic E-state index is -2.97. The largest absolute Gasteiger partial charge is 0.310 e. The summed E-state index contributed by atoms with van der Waals surface area (Å²) in [7, 11) is -2.97. The molecule has 20 heavy (non-hydrogen) atoms. The van der Waals surface area contributed by atoms with Gasteiger partial charge < -0.3 is 5.32 Å². The molecule has 5 heteroatoms. The van der Waals surface area contributed by atoms with Crippen LogP contribution in [0.3, 0.4) is 0 Å². The molecule has 4 nitrogen and oxygen atoms in total. The molecule has 1 atom stereocenters. The van der Waals surface area contributed by atoms with E-state index in [9.17, 15) is 13.7 Å². The van der Waals surface area contributed by atoms with Crippen LogP contribution < -0.4 is 5.32 Å². The maximum atomic E-state index is 11.2. The first-order valence-electron chi connectivity index (χ1n) is 6.75. The maximum Gasteiger partial charge on any atom is 0.148 e. The topological polar surface area (TPSA) is 70.0 Å². The van der Waals surface area contributed by atoms with Gasteiger partial charge in [0.05, 0.1) is 17.2 Å². The molecule has 0 amide bonds. The highest BCUT2D eigenvalue weighted by molar-refractivity contribution is 7.90. The van der Waals surface area contributed by atoms with Crippen molar-refractivity contribution in [2.75, 3.05) is 12.0 Å². The average Bonchev–Trinajstić information content (AvgIpc) is 2.32. The van der Waals surface area contributed by atoms with Gasteiger partial charge in [-0.05, 0) is 25.3 Å². The van der Waals surface area contributed by atoms with Gasteiger partial charge in [0.1, 0.15) is 9.84 Å². The summed E-state index contributed by atoms with van der Waals surface area (Å²) in [6.45, 7) is 1.87. The van der Waals surface area contributed by atoms with Crippen LogP contribution in [0.2, 0.25) is 0 Å². The van der Waals surface area contributed by atoms with Gasteiger partial charge in [-0.15, -0.1) is 0 Å². The Kier molecular flexibility index (Phi) is 4.17. The first kappa shape index (κ1) is 15.0. The van der Waals surface area contributed by atoms with Gasteiger partial charge in [-0.3, -0.25) is 0 Å². The van der Waals surface area contributed by atoms with E-state index in [1.54, 1.807) is 0 Å². The Balaban J connectivity index is 1.95. The van der Waals surface area contributed by atoms with Crippen LogP contribution in [0.25, 0.3) is 0 Å². The molecule has 1 aliphatic carbocycles. The maximum absolute atomic E-state index is 11.2. The summed E-state index contributed by atoms with van der Waals surface area (Å²) < 4.78 is 22.5. The predicted molar refractivity (Wildman–Crippen MR) is 79.1 cm³/mol. The molecule has 1 saturated carbocycles. The standard InChI is InChI=1S/C15H20N2O2S/c1-12(10-20(2,18)19)17-14-8-15(9-14,11-16)13-6-4-3-5-7-13/h3-7,12,14,17H,8-10H2,1-2H3. The molecule has 1 aromatic rings. The quantitative estimate of drug-likeness (QED) is 0.895. The molecule has 1 aromatic carbocycles. The van der Waals surface area contributed by atoms with Crippen LogP contribution in [0, 0.1) is 11.3 Å². The lowest BCUT2D eigenvalue weighted by Crippen LogP contribution is -2.54. The fourth-order valence-electron chi connectivity index (χ4n) is 2.95. The monoisotopic (exact) mass is 292 g/mol. The third-order valence-corrected chi connectivity index (χ3v) is 4.91. The average molecular weight is 292 g/mol. The second-order valence-corrected chi connectivity index (χ2v) is 8.01. The van der Waals surface area contributed by atoms with Gasteiger partial charge in [-0.25, -0.2) is 8.42 Å². The van der Waals surface area contributed by atoms with Gasteiger partial charge in [-0.1, -0.05) is 30.3 Å². The van der Waals surface area contributed by atoms with Crippen molar-refractivity contribution in [1.29, 1.82) is 5.26 Å². The van der Waals surface area contributed by atoms with E-state index in [1.807, 2.05) is 37.3 Å². The minimum absolute atomic E-state index is 0.0810. The van der Waals surface area contributed by atoms with Crippen molar-refractivity contribution < 1.29 is 8.42 Å². The third-order valence-electron chi connectivity index (χ3n) is 3.80. The SMILES string of the molecule is CC(CS(C)(=O)=O)NC1CC(C#N)(c2ccccc2)C1. The van der Waals surface area contributed by atoms with Crippen LogP contribution in [-0.2, 0) is 15.3 Å². The summed E-state index contributed by atoms with van der Waals surface area (Å²) in [5.74, 6) is 0.133. The zero-order valence-corrected chi connectivity index (χ0v) is 12.7. The highest BCUT2D eigenvalue weighted by atomic mass is 32.2. The molecule has 1 fully saturated rings. The van der Waals surface area contributed by atoms with E-state index in [1.165, 1.54) is 6.26 Å². The summed E-state index contributed by atoms with van der Waals surface area (Å²) >= 11 is 0. The molecule has 0 spiro atoms. The van der Waals surface area contributed by atoms with Gasteiger partial charge in [0.25, 0.3) is 0 Å². The van der Waals surface area contributed by atoms with E-state index < -0.39 is 15.3 Å². The molecule has 2 rings (SSSR count). The zero-order valence-electron chi connectivity index (χ0n) is 11.8. The predicted octanol–water partition coefficient (Wildman–Crippen LogP) is 1.63. The van der Waals surface area contributed by atoms with Crippen LogP contribution in [-0.4, -0.2) is 32.5 Å². The lowest BCUT2D eigenvalue weighted by Gasteiger charge is -2.44. The van der Waals surface area contributed by atoms with Gasteiger partial charge in [0, 0.05) is 18.3 Å². The lowest BCUT2D eigenvalue weighted by atomic mass is 9.62. The molecule has 0 radical (unpaired) electrons. The molecule has 0 saturated heterocycles. The fourth-order valence-corrected chi connectivity index (χ4v) is 3.96. The Bertz CT molecular complexity index is 599. The summed E-state index contributed by atoms with van der Waals surface area (Å²) in [5.41, 5.74) is 0.639. The van der Waals surface area contributed by atoms with Gasteiger partial charge in [-0.2, -0.15) is 5.26 Å². The van der Waals surface area contributed by atoms with E-state index >= 15 is 0 Å². The van der Waals surface area contributed by atoms with Crippen molar-refractivity contribution >= 4 is 9.84 Å². The van der Waals surface area contributed by atoms with Gasteiger partial charge in [0.15, 0.2) is 0 Å². The fraction of sp³-hybridized carbons (Fsp3) is 0.533. The molecular formula is C15H20N2O2S. The highest BCUT2D eigenvalue weighted by Gasteiger charge is 2.46. The van der Waals surface area contributed by atoms with Gasteiger partial charge in [0.2, 0.25) is 0 Å². The summed E-state index contributed by atoms with van der Waals surface area (Å²) in [5, 5.41) is 12.8. The first-order chi connectivity index (χ1) is 9.35. The molecular weight excluding hydrogens is 272 g/mol. The number of nitriles is 1. The number of rotatable bonds is 5. The number of hydrogen-bond acceptors (Lipinski definition) is 4. The smallest absolute Gasteiger partial charge is 0.148 e. The summed E-state index contributed by atoms with van der Waals surface area (Å²) in [6.07, 6.45) is 2.72. The zero-order chi connectivity index (χ0) is 14.8. The molecule has 1 aliphatic rings. The van der Waals surface area contributed by atoms with Gasteiger partial charge >= 0.3 is 0 Å². The van der Waals surface area contributed by atoms with Crippen LogP contribution in [0.15, 0.2) is 30.3 Å². The van der Waals surface area contributed by atoms with Crippen molar-refractivity contribution in [3.05, 3.63) is 35.9 Å². The van der Waals surface area contributed by atoms with E-state index in [2.05, 4.69) is 11.4 Å². The van der Waals surface area contributed by atoms with Crippen molar-refractivity contribution in [2.45, 2.75) is 37.3 Å². The third kappa shape index (κ3) is 3.38. The number of nitrogens with one attached hydrogen (secondary N) is 1. The van der Waals surface area contributed by atoms with Crippen molar-refractivity contribution in [3.63, 3.8) is 0 Å². The van der Waals surface area contributed by atoms with Crippen molar-refractivity contribution in [3.8, 4) is 6.07 Å². The molecule has 0 aliphatic heterocycles. The van der Waals surface area contributed by atoms with E-state index in [0.29, 0.717) is 0 Å². The summed E-state index contributed by atoms with van der Waals surface area (Å²) in [4.78, 5) is 0. The normalized spacial score (nSPS) is 27.4. The van der Waals surface area contributed by atoms with Crippen LogP contribution in [0.4, 0.5) is 0 Å². The number of benzene rings is 1. The van der Waals surface area contributed by atoms with Crippen molar-refractivity contribution in [1.82, 2.24) is 5.32 Å². The van der Waals surface area contributed by atoms with E-state index in [0.717, 1.165) is 18.4 Å². The Labute approximate surface area is 120 Å². The van der Waals surface area contributed by atoms with Crippen LogP contribution >= 0.6 is 0 Å². The molecule has 108 valence electrons. The number of hydrogen-bond donors (Lipinski definition) is 1. The lowest BCUT2D eigenvalue weighted by molar-refractivity contribution is 0.216. The van der Waals surface area contributed by atoms with Crippen LogP contribution in [0.5, 0.6) is 0 Å². The van der Waals surface area contributed by atoms with E-state index in [4.69, 9.17) is 0 Å². The molecule has 0 aromatic heterocycles. The number of nitrogens with zero attached hydrogens (tertiary/aromatic N) is 1. The highest BCUT2D eigenvalue weighted by Crippen LogP contribution is 2.43. The molecule has 0 bridgehead atoms. The number of sulfone groups is 1. The Hall–Kier alpha value is -1.38. The Morgan fingerprint density at radius 2 is 2.00 bits per heavy atom.